The SMILES string of the molecule is COc1ccc(-c2noc(CCCC(=O)Nc3cccc(OC4CCCC4)c3)n2)cc1. The van der Waals surface area contributed by atoms with Gasteiger partial charge in [-0.2, -0.15) is 4.98 Å². The first-order valence-corrected chi connectivity index (χ1v) is 10.7. The van der Waals surface area contributed by atoms with Crippen LogP contribution >= 0.6 is 0 Å². The standard InChI is InChI=1S/C24H27N3O4/c1-29-19-14-12-17(13-15-19)24-26-23(31-27-24)11-5-10-22(28)25-18-6-4-9-21(16-18)30-20-7-2-3-8-20/h4,6,9,12-16,20H,2-3,5,7-8,10-11H2,1H3,(H,25,28). The topological polar surface area (TPSA) is 86.5 Å². The van der Waals surface area contributed by atoms with Gasteiger partial charge in [-0.1, -0.05) is 11.2 Å². The quantitative estimate of drug-likeness (QED) is 0.522. The van der Waals surface area contributed by atoms with Gasteiger partial charge in [0, 0.05) is 30.2 Å². The lowest BCUT2D eigenvalue weighted by Gasteiger charge is -2.14. The molecular formula is C24H27N3O4. The number of anilines is 1. The summed E-state index contributed by atoms with van der Waals surface area (Å²) in [6, 6.07) is 15.1. The van der Waals surface area contributed by atoms with Gasteiger partial charge in [0.15, 0.2) is 0 Å². The highest BCUT2D eigenvalue weighted by molar-refractivity contribution is 5.90. The number of carbonyl (C=O) groups excluding carboxylic acids is 1. The van der Waals surface area contributed by atoms with Gasteiger partial charge in [0.05, 0.1) is 13.2 Å². The summed E-state index contributed by atoms with van der Waals surface area (Å²) in [5, 5.41) is 6.96. The zero-order valence-electron chi connectivity index (χ0n) is 17.7. The van der Waals surface area contributed by atoms with E-state index in [1.165, 1.54) is 12.8 Å². The van der Waals surface area contributed by atoms with Gasteiger partial charge in [0.1, 0.15) is 11.5 Å². The summed E-state index contributed by atoms with van der Waals surface area (Å²) >= 11 is 0. The molecule has 0 saturated heterocycles. The van der Waals surface area contributed by atoms with E-state index in [1.807, 2.05) is 48.5 Å². The van der Waals surface area contributed by atoms with Gasteiger partial charge in [-0.05, 0) is 68.5 Å². The molecule has 1 aliphatic carbocycles. The van der Waals surface area contributed by atoms with Crippen LogP contribution in [0.1, 0.15) is 44.4 Å². The molecule has 31 heavy (non-hydrogen) atoms. The normalized spacial score (nSPS) is 13.8. The van der Waals surface area contributed by atoms with Crippen LogP contribution in [0.15, 0.2) is 53.1 Å². The number of rotatable bonds is 9. The number of carbonyl (C=O) groups is 1. The molecule has 0 spiro atoms. The lowest BCUT2D eigenvalue weighted by atomic mass is 10.2. The summed E-state index contributed by atoms with van der Waals surface area (Å²) in [5.41, 5.74) is 1.60. The van der Waals surface area contributed by atoms with Crippen LogP contribution < -0.4 is 14.8 Å². The van der Waals surface area contributed by atoms with Crippen molar-refractivity contribution in [2.24, 2.45) is 0 Å². The van der Waals surface area contributed by atoms with E-state index >= 15 is 0 Å². The van der Waals surface area contributed by atoms with Crippen LogP contribution in [0, 0.1) is 0 Å². The second kappa shape index (κ2) is 10.1. The Morgan fingerprint density at radius 2 is 1.94 bits per heavy atom. The molecule has 0 bridgehead atoms. The maximum Gasteiger partial charge on any atom is 0.226 e. The molecule has 1 fully saturated rings. The monoisotopic (exact) mass is 421 g/mol. The smallest absolute Gasteiger partial charge is 0.226 e. The van der Waals surface area contributed by atoms with E-state index in [2.05, 4.69) is 15.5 Å². The number of methoxy groups -OCH3 is 1. The predicted octanol–water partition coefficient (Wildman–Crippen LogP) is 5.03. The third-order valence-electron chi connectivity index (χ3n) is 5.33. The summed E-state index contributed by atoms with van der Waals surface area (Å²) in [7, 11) is 1.62. The molecular weight excluding hydrogens is 394 g/mol. The Morgan fingerprint density at radius 1 is 1.13 bits per heavy atom. The van der Waals surface area contributed by atoms with E-state index in [0.717, 1.165) is 35.6 Å². The molecule has 1 saturated carbocycles. The van der Waals surface area contributed by atoms with Gasteiger partial charge in [-0.3, -0.25) is 4.79 Å². The Morgan fingerprint density at radius 3 is 2.71 bits per heavy atom. The van der Waals surface area contributed by atoms with Gasteiger partial charge in [-0.15, -0.1) is 0 Å². The minimum absolute atomic E-state index is 0.0482. The number of nitrogens with one attached hydrogen (secondary N) is 1. The molecule has 0 unspecified atom stereocenters. The predicted molar refractivity (Wildman–Crippen MR) is 117 cm³/mol. The van der Waals surface area contributed by atoms with Gasteiger partial charge in [-0.25, -0.2) is 0 Å². The minimum Gasteiger partial charge on any atom is -0.497 e. The molecule has 1 heterocycles. The van der Waals surface area contributed by atoms with Crippen molar-refractivity contribution in [3.8, 4) is 22.9 Å². The third kappa shape index (κ3) is 5.84. The van der Waals surface area contributed by atoms with Crippen LogP contribution in [0.5, 0.6) is 11.5 Å². The number of ether oxygens (including phenoxy) is 2. The first-order valence-electron chi connectivity index (χ1n) is 10.7. The Balaban J connectivity index is 1.23. The van der Waals surface area contributed by atoms with Crippen molar-refractivity contribution in [3.63, 3.8) is 0 Å². The number of hydrogen-bond acceptors (Lipinski definition) is 6. The molecule has 7 heteroatoms. The van der Waals surface area contributed by atoms with Crippen LogP contribution in [0.25, 0.3) is 11.4 Å². The molecule has 0 atom stereocenters. The van der Waals surface area contributed by atoms with E-state index in [1.54, 1.807) is 7.11 Å². The van der Waals surface area contributed by atoms with Crippen molar-refractivity contribution in [1.82, 2.24) is 10.1 Å². The van der Waals surface area contributed by atoms with Crippen LogP contribution in [0.3, 0.4) is 0 Å². The lowest BCUT2D eigenvalue weighted by molar-refractivity contribution is -0.116. The minimum atomic E-state index is -0.0482. The van der Waals surface area contributed by atoms with Crippen LogP contribution in [-0.2, 0) is 11.2 Å². The number of hydrogen-bond donors (Lipinski definition) is 1. The van der Waals surface area contributed by atoms with Gasteiger partial charge in [0.25, 0.3) is 0 Å². The molecule has 3 aromatic rings. The summed E-state index contributed by atoms with van der Waals surface area (Å²) in [5.74, 6) is 2.58. The highest BCUT2D eigenvalue weighted by Crippen LogP contribution is 2.26. The molecule has 1 aromatic heterocycles. The third-order valence-corrected chi connectivity index (χ3v) is 5.33. The number of benzene rings is 2. The second-order valence-corrected chi connectivity index (χ2v) is 7.69. The largest absolute Gasteiger partial charge is 0.497 e. The number of amides is 1. The fourth-order valence-corrected chi connectivity index (χ4v) is 3.68. The average molecular weight is 421 g/mol. The second-order valence-electron chi connectivity index (χ2n) is 7.69. The highest BCUT2D eigenvalue weighted by Gasteiger charge is 2.16. The van der Waals surface area contributed by atoms with Crippen LogP contribution in [-0.4, -0.2) is 29.3 Å². The molecule has 1 aliphatic rings. The molecule has 162 valence electrons. The number of aryl methyl sites for hydroxylation is 1. The summed E-state index contributed by atoms with van der Waals surface area (Å²) in [6.07, 6.45) is 6.48. The first kappa shape index (κ1) is 20.9. The molecule has 0 aliphatic heterocycles. The fourth-order valence-electron chi connectivity index (χ4n) is 3.68. The average Bonchev–Trinajstić information content (AvgIpc) is 3.46. The van der Waals surface area contributed by atoms with E-state index < -0.39 is 0 Å². The Kier molecular flexibility index (Phi) is 6.82. The van der Waals surface area contributed by atoms with Crippen molar-refractivity contribution in [1.29, 1.82) is 0 Å². The van der Waals surface area contributed by atoms with Crippen LogP contribution in [0.4, 0.5) is 5.69 Å². The molecule has 1 amide bonds. The zero-order chi connectivity index (χ0) is 21.5. The van der Waals surface area contributed by atoms with Crippen molar-refractivity contribution >= 4 is 11.6 Å². The van der Waals surface area contributed by atoms with Gasteiger partial charge >= 0.3 is 0 Å². The van der Waals surface area contributed by atoms with E-state index in [-0.39, 0.29) is 5.91 Å². The van der Waals surface area contributed by atoms with Crippen molar-refractivity contribution in [2.75, 3.05) is 12.4 Å². The Hall–Kier alpha value is -3.35. The van der Waals surface area contributed by atoms with E-state index in [9.17, 15) is 4.79 Å². The Labute approximate surface area is 181 Å². The highest BCUT2D eigenvalue weighted by atomic mass is 16.5. The van der Waals surface area contributed by atoms with Crippen molar-refractivity contribution in [3.05, 3.63) is 54.4 Å². The first-order chi connectivity index (χ1) is 15.2. The van der Waals surface area contributed by atoms with Crippen LogP contribution in [0.2, 0.25) is 0 Å². The van der Waals surface area contributed by atoms with E-state index in [0.29, 0.717) is 37.1 Å². The lowest BCUT2D eigenvalue weighted by Crippen LogP contribution is -2.13. The molecule has 0 radical (unpaired) electrons. The number of nitrogens with zero attached hydrogens (tertiary/aromatic N) is 2. The van der Waals surface area contributed by atoms with E-state index in [4.69, 9.17) is 14.0 Å². The molecule has 1 N–H and O–H groups in total. The number of aromatic nitrogens is 2. The van der Waals surface area contributed by atoms with Crippen molar-refractivity contribution in [2.45, 2.75) is 51.0 Å². The van der Waals surface area contributed by atoms with Crippen molar-refractivity contribution < 1.29 is 18.8 Å². The summed E-state index contributed by atoms with van der Waals surface area (Å²) in [6.45, 7) is 0. The Bertz CT molecular complexity index is 994. The molecule has 2 aromatic carbocycles. The fraction of sp³-hybridized carbons (Fsp3) is 0.375. The summed E-state index contributed by atoms with van der Waals surface area (Å²) < 4.78 is 16.5. The zero-order valence-corrected chi connectivity index (χ0v) is 17.7. The van der Waals surface area contributed by atoms with Gasteiger partial charge < -0.3 is 19.3 Å². The summed E-state index contributed by atoms with van der Waals surface area (Å²) in [4.78, 5) is 16.7. The molecule has 7 nitrogen and oxygen atoms in total. The van der Waals surface area contributed by atoms with Gasteiger partial charge in [0.2, 0.25) is 17.6 Å². The maximum atomic E-state index is 12.3. The molecule has 4 rings (SSSR count). The maximum absolute atomic E-state index is 12.3.